The van der Waals surface area contributed by atoms with Crippen LogP contribution in [0.15, 0.2) is 72.8 Å². The summed E-state index contributed by atoms with van der Waals surface area (Å²) in [6, 6.07) is 22.9. The smallest absolute Gasteiger partial charge is 0.150 e. The van der Waals surface area contributed by atoms with Gasteiger partial charge in [-0.15, -0.1) is 0 Å². The van der Waals surface area contributed by atoms with Crippen LogP contribution in [-0.2, 0) is 0 Å². The Morgan fingerprint density at radius 2 is 1.18 bits per heavy atom. The van der Waals surface area contributed by atoms with Crippen LogP contribution in [0, 0.1) is 0 Å². The molecule has 0 spiro atoms. The zero-order chi connectivity index (χ0) is 15.4. The number of benzene rings is 3. The van der Waals surface area contributed by atoms with E-state index in [4.69, 9.17) is 0 Å². The van der Waals surface area contributed by atoms with E-state index in [-0.39, 0.29) is 0 Å². The second-order valence-electron chi connectivity index (χ2n) is 4.99. The summed E-state index contributed by atoms with van der Waals surface area (Å²) in [4.78, 5) is 22.6. The Hall–Kier alpha value is -3.00. The molecule has 0 amide bonds. The molecule has 22 heavy (non-hydrogen) atoms. The van der Waals surface area contributed by atoms with Crippen LogP contribution in [-0.4, -0.2) is 12.6 Å². The molecule has 0 atom stereocenters. The monoisotopic (exact) mass is 286 g/mol. The fourth-order valence-corrected chi connectivity index (χ4v) is 2.55. The first-order valence-corrected chi connectivity index (χ1v) is 7.02. The molecule has 2 nitrogen and oxygen atoms in total. The molecule has 0 aliphatic rings. The highest BCUT2D eigenvalue weighted by molar-refractivity contribution is 5.95. The molecular formula is C20H14O2. The number of hydrogen-bond donors (Lipinski definition) is 0. The third-order valence-electron chi connectivity index (χ3n) is 3.67. The van der Waals surface area contributed by atoms with Crippen molar-refractivity contribution in [2.45, 2.75) is 0 Å². The summed E-state index contributed by atoms with van der Waals surface area (Å²) in [5, 5.41) is 0. The van der Waals surface area contributed by atoms with Crippen molar-refractivity contribution in [3.05, 3.63) is 83.9 Å². The highest BCUT2D eigenvalue weighted by Gasteiger charge is 2.10. The summed E-state index contributed by atoms with van der Waals surface area (Å²) in [7, 11) is 0. The molecule has 0 N–H and O–H groups in total. The van der Waals surface area contributed by atoms with E-state index in [1.165, 1.54) is 0 Å². The third-order valence-corrected chi connectivity index (χ3v) is 3.67. The summed E-state index contributed by atoms with van der Waals surface area (Å²) in [6.07, 6.45) is 1.64. The average Bonchev–Trinajstić information content (AvgIpc) is 2.62. The topological polar surface area (TPSA) is 34.1 Å². The van der Waals surface area contributed by atoms with Gasteiger partial charge in [0.15, 0.2) is 12.6 Å². The number of carbonyl (C=O) groups excluding carboxylic acids is 2. The lowest BCUT2D eigenvalue weighted by Gasteiger charge is -2.10. The normalized spacial score (nSPS) is 10.2. The van der Waals surface area contributed by atoms with Gasteiger partial charge in [-0.2, -0.15) is 0 Å². The molecule has 0 unspecified atom stereocenters. The largest absolute Gasteiger partial charge is 0.298 e. The fourth-order valence-electron chi connectivity index (χ4n) is 2.55. The molecule has 0 radical (unpaired) electrons. The Balaban J connectivity index is 2.21. The third kappa shape index (κ3) is 2.59. The fraction of sp³-hybridized carbons (Fsp3) is 0. The zero-order valence-corrected chi connectivity index (χ0v) is 11.9. The minimum atomic E-state index is 0.578. The Morgan fingerprint density at radius 3 is 1.91 bits per heavy atom. The molecule has 0 bridgehead atoms. The van der Waals surface area contributed by atoms with Crippen molar-refractivity contribution >= 4 is 12.6 Å². The lowest BCUT2D eigenvalue weighted by molar-refractivity contribution is 0.111. The van der Waals surface area contributed by atoms with E-state index in [1.54, 1.807) is 12.1 Å². The second-order valence-corrected chi connectivity index (χ2v) is 4.99. The maximum absolute atomic E-state index is 11.4. The average molecular weight is 286 g/mol. The van der Waals surface area contributed by atoms with Crippen molar-refractivity contribution in [2.24, 2.45) is 0 Å². The van der Waals surface area contributed by atoms with E-state index in [2.05, 4.69) is 0 Å². The molecule has 0 aliphatic carbocycles. The van der Waals surface area contributed by atoms with Crippen molar-refractivity contribution in [3.63, 3.8) is 0 Å². The van der Waals surface area contributed by atoms with E-state index < -0.39 is 0 Å². The first-order chi connectivity index (χ1) is 10.8. The van der Waals surface area contributed by atoms with E-state index in [0.29, 0.717) is 11.1 Å². The van der Waals surface area contributed by atoms with Crippen molar-refractivity contribution in [3.8, 4) is 22.3 Å². The quantitative estimate of drug-likeness (QED) is 0.654. The van der Waals surface area contributed by atoms with Gasteiger partial charge >= 0.3 is 0 Å². The zero-order valence-electron chi connectivity index (χ0n) is 11.9. The molecule has 106 valence electrons. The Morgan fingerprint density at radius 1 is 0.545 bits per heavy atom. The summed E-state index contributed by atoms with van der Waals surface area (Å²) < 4.78 is 0. The Labute approximate surface area is 129 Å². The van der Waals surface area contributed by atoms with E-state index in [1.807, 2.05) is 60.7 Å². The molecule has 2 heteroatoms. The minimum absolute atomic E-state index is 0.578. The van der Waals surface area contributed by atoms with Crippen LogP contribution >= 0.6 is 0 Å². The molecule has 3 aromatic carbocycles. The standard InChI is InChI=1S/C20H14O2/c21-13-17-8-4-5-9-19(17)20-12-16(10-11-18(20)14-22)15-6-2-1-3-7-15/h1-14H. The van der Waals surface area contributed by atoms with Gasteiger partial charge in [0, 0.05) is 11.1 Å². The van der Waals surface area contributed by atoms with E-state index in [9.17, 15) is 9.59 Å². The molecule has 0 heterocycles. The van der Waals surface area contributed by atoms with Crippen molar-refractivity contribution in [1.82, 2.24) is 0 Å². The van der Waals surface area contributed by atoms with Crippen molar-refractivity contribution in [2.75, 3.05) is 0 Å². The van der Waals surface area contributed by atoms with Crippen LogP contribution in [0.5, 0.6) is 0 Å². The molecule has 3 aromatic rings. The van der Waals surface area contributed by atoms with Gasteiger partial charge in [-0.1, -0.05) is 66.7 Å². The van der Waals surface area contributed by atoms with Crippen LogP contribution < -0.4 is 0 Å². The van der Waals surface area contributed by atoms with Gasteiger partial charge < -0.3 is 0 Å². The molecule has 0 saturated carbocycles. The van der Waals surface area contributed by atoms with Gasteiger partial charge in [0.05, 0.1) is 0 Å². The molecule has 0 saturated heterocycles. The maximum atomic E-state index is 11.4. The number of rotatable bonds is 4. The van der Waals surface area contributed by atoms with Gasteiger partial charge in [-0.05, 0) is 28.3 Å². The first-order valence-electron chi connectivity index (χ1n) is 7.02. The SMILES string of the molecule is O=Cc1ccccc1-c1cc(-c2ccccc2)ccc1C=O. The minimum Gasteiger partial charge on any atom is -0.298 e. The highest BCUT2D eigenvalue weighted by atomic mass is 16.1. The van der Waals surface area contributed by atoms with Crippen LogP contribution in [0.4, 0.5) is 0 Å². The van der Waals surface area contributed by atoms with Crippen LogP contribution in [0.3, 0.4) is 0 Å². The van der Waals surface area contributed by atoms with Crippen LogP contribution in [0.2, 0.25) is 0 Å². The predicted octanol–water partition coefficient (Wildman–Crippen LogP) is 4.65. The van der Waals surface area contributed by atoms with Gasteiger partial charge in [-0.25, -0.2) is 0 Å². The predicted molar refractivity (Wildman–Crippen MR) is 88.1 cm³/mol. The van der Waals surface area contributed by atoms with Gasteiger partial charge in [-0.3, -0.25) is 9.59 Å². The molecule has 3 rings (SSSR count). The van der Waals surface area contributed by atoms with Crippen molar-refractivity contribution < 1.29 is 9.59 Å². The molecular weight excluding hydrogens is 272 g/mol. The number of carbonyl (C=O) groups is 2. The van der Waals surface area contributed by atoms with Crippen molar-refractivity contribution in [1.29, 1.82) is 0 Å². The van der Waals surface area contributed by atoms with Crippen LogP contribution in [0.25, 0.3) is 22.3 Å². The Bertz CT molecular complexity index is 820. The van der Waals surface area contributed by atoms with Gasteiger partial charge in [0.2, 0.25) is 0 Å². The molecule has 0 fully saturated rings. The maximum Gasteiger partial charge on any atom is 0.150 e. The van der Waals surface area contributed by atoms with E-state index >= 15 is 0 Å². The molecule has 0 aromatic heterocycles. The summed E-state index contributed by atoms with van der Waals surface area (Å²) in [6.45, 7) is 0. The first kappa shape index (κ1) is 14.0. The van der Waals surface area contributed by atoms with Gasteiger partial charge in [0.25, 0.3) is 0 Å². The van der Waals surface area contributed by atoms with Crippen LogP contribution in [0.1, 0.15) is 20.7 Å². The lowest BCUT2D eigenvalue weighted by atomic mass is 9.93. The van der Waals surface area contributed by atoms with Gasteiger partial charge in [0.1, 0.15) is 0 Å². The molecule has 0 aliphatic heterocycles. The Kier molecular flexibility index (Phi) is 3.92. The second kappa shape index (κ2) is 6.19. The number of aldehydes is 2. The van der Waals surface area contributed by atoms with E-state index in [0.717, 1.165) is 34.8 Å². The summed E-state index contributed by atoms with van der Waals surface area (Å²) in [5.41, 5.74) is 4.80. The number of hydrogen-bond acceptors (Lipinski definition) is 2. The summed E-state index contributed by atoms with van der Waals surface area (Å²) in [5.74, 6) is 0. The lowest BCUT2D eigenvalue weighted by Crippen LogP contribution is -1.93. The highest BCUT2D eigenvalue weighted by Crippen LogP contribution is 2.30. The summed E-state index contributed by atoms with van der Waals surface area (Å²) >= 11 is 0.